The summed E-state index contributed by atoms with van der Waals surface area (Å²) in [4.78, 5) is 12.2. The molecule has 0 spiro atoms. The first kappa shape index (κ1) is 17.9. The van der Waals surface area contributed by atoms with E-state index in [1.54, 1.807) is 6.07 Å². The van der Waals surface area contributed by atoms with Crippen LogP contribution in [0.4, 0.5) is 8.78 Å². The van der Waals surface area contributed by atoms with Crippen LogP contribution in [0.3, 0.4) is 0 Å². The van der Waals surface area contributed by atoms with Crippen molar-refractivity contribution < 1.29 is 31.8 Å². The van der Waals surface area contributed by atoms with Crippen LogP contribution in [0.1, 0.15) is 12.5 Å². The van der Waals surface area contributed by atoms with E-state index in [4.69, 9.17) is 4.74 Å². The molecule has 136 valence electrons. The van der Waals surface area contributed by atoms with E-state index in [9.17, 15) is 27.1 Å². The van der Waals surface area contributed by atoms with E-state index in [1.165, 1.54) is 24.3 Å². The predicted molar refractivity (Wildman–Crippen MR) is 86.2 cm³/mol. The molecule has 0 saturated carbocycles. The van der Waals surface area contributed by atoms with Gasteiger partial charge in [-0.3, -0.25) is 4.79 Å². The monoisotopic (exact) mass is 381 g/mol. The van der Waals surface area contributed by atoms with Gasteiger partial charge >= 0.3 is 0 Å². The molecular weight excluding hydrogens is 368 g/mol. The van der Waals surface area contributed by atoms with Gasteiger partial charge in [0.15, 0.2) is 0 Å². The van der Waals surface area contributed by atoms with Crippen LogP contribution in [-0.2, 0) is 25.2 Å². The minimum absolute atomic E-state index is 0.127. The van der Waals surface area contributed by atoms with Gasteiger partial charge in [-0.25, -0.2) is 21.9 Å². The van der Waals surface area contributed by atoms with Crippen LogP contribution in [0.2, 0.25) is 0 Å². The number of hydrogen-bond acceptors (Lipinski definition) is 5. The molecule has 1 aliphatic heterocycles. The fraction of sp³-hybridized carbons (Fsp3) is 0.118. The summed E-state index contributed by atoms with van der Waals surface area (Å²) in [7, 11) is -4.15. The molecule has 2 aromatic carbocycles. The minimum Gasteiger partial charge on any atom is -0.501 e. The molecule has 0 amide bonds. The second-order valence-corrected chi connectivity index (χ2v) is 7.37. The van der Waals surface area contributed by atoms with E-state index in [-0.39, 0.29) is 10.5 Å². The Bertz CT molecular complexity index is 1020. The van der Waals surface area contributed by atoms with Crippen LogP contribution in [0, 0.1) is 11.6 Å². The lowest BCUT2D eigenvalue weighted by atomic mass is 9.91. The zero-order chi connectivity index (χ0) is 19.1. The number of halogens is 2. The summed E-state index contributed by atoms with van der Waals surface area (Å²) in [6.45, 7) is 1.14. The Kier molecular flexibility index (Phi) is 4.19. The van der Waals surface area contributed by atoms with Gasteiger partial charge in [0, 0.05) is 11.6 Å². The summed E-state index contributed by atoms with van der Waals surface area (Å²) in [5, 5.41) is 9.99. The Morgan fingerprint density at radius 2 is 1.77 bits per heavy atom. The van der Waals surface area contributed by atoms with Crippen molar-refractivity contribution in [2.24, 2.45) is 0 Å². The molecule has 1 heterocycles. The highest BCUT2D eigenvalue weighted by molar-refractivity contribution is 7.89. The average molecular weight is 381 g/mol. The van der Waals surface area contributed by atoms with Crippen LogP contribution in [0.15, 0.2) is 65.1 Å². The second kappa shape index (κ2) is 6.10. The highest BCUT2D eigenvalue weighted by atomic mass is 32.2. The number of nitrogens with one attached hydrogen (secondary N) is 1. The average Bonchev–Trinajstić information content (AvgIpc) is 2.80. The van der Waals surface area contributed by atoms with E-state index in [0.29, 0.717) is 6.07 Å². The molecule has 0 bridgehead atoms. The lowest BCUT2D eigenvalue weighted by Crippen LogP contribution is -2.33. The molecule has 0 aromatic heterocycles. The van der Waals surface area contributed by atoms with E-state index < -0.39 is 44.7 Å². The highest BCUT2D eigenvalue weighted by Crippen LogP contribution is 2.38. The normalized spacial score (nSPS) is 20.2. The van der Waals surface area contributed by atoms with Crippen molar-refractivity contribution in [2.75, 3.05) is 0 Å². The number of aliphatic hydroxyl groups is 1. The van der Waals surface area contributed by atoms with Crippen molar-refractivity contribution in [3.63, 3.8) is 0 Å². The molecule has 1 atom stereocenters. The number of carbonyl (C=O) groups excluding carboxylic acids is 1. The van der Waals surface area contributed by atoms with Crippen LogP contribution >= 0.6 is 0 Å². The van der Waals surface area contributed by atoms with Crippen molar-refractivity contribution in [1.29, 1.82) is 0 Å². The van der Waals surface area contributed by atoms with E-state index in [1.807, 2.05) is 4.72 Å². The van der Waals surface area contributed by atoms with Crippen LogP contribution < -0.4 is 4.72 Å². The molecule has 2 N–H and O–H groups in total. The van der Waals surface area contributed by atoms with E-state index in [2.05, 4.69) is 0 Å². The minimum atomic E-state index is -4.15. The number of Topliss-reactive ketones (excluding diaryl/α,β-unsaturated/α-hetero) is 1. The number of ether oxygens (including phenoxy) is 1. The fourth-order valence-electron chi connectivity index (χ4n) is 2.53. The summed E-state index contributed by atoms with van der Waals surface area (Å²) < 4.78 is 59.1. The van der Waals surface area contributed by atoms with Gasteiger partial charge in [-0.15, -0.1) is 0 Å². The zero-order valence-electron chi connectivity index (χ0n) is 13.4. The van der Waals surface area contributed by atoms with Crippen molar-refractivity contribution >= 4 is 15.8 Å². The first-order chi connectivity index (χ1) is 12.1. The van der Waals surface area contributed by atoms with Crippen LogP contribution in [-0.4, -0.2) is 19.3 Å². The van der Waals surface area contributed by atoms with E-state index >= 15 is 0 Å². The highest BCUT2D eigenvalue weighted by Gasteiger charge is 2.50. The molecule has 2 aromatic rings. The van der Waals surface area contributed by atoms with Gasteiger partial charge < -0.3 is 9.84 Å². The SMILES string of the molecule is CC1(c2ccc(F)cc2F)OC(NS(=O)(=O)c2ccccc2)=C(O)C1=O. The molecule has 26 heavy (non-hydrogen) atoms. The Labute approximate surface area is 147 Å². The lowest BCUT2D eigenvalue weighted by molar-refractivity contribution is -0.132. The largest absolute Gasteiger partial charge is 0.501 e. The van der Waals surface area contributed by atoms with Gasteiger partial charge in [-0.05, 0) is 31.2 Å². The molecule has 0 saturated heterocycles. The summed E-state index contributed by atoms with van der Waals surface area (Å²) in [6.07, 6.45) is 0. The van der Waals surface area contributed by atoms with Crippen LogP contribution in [0.5, 0.6) is 0 Å². The molecule has 0 aliphatic carbocycles. The molecule has 3 rings (SSSR count). The van der Waals surface area contributed by atoms with Crippen molar-refractivity contribution in [3.05, 3.63) is 77.4 Å². The Morgan fingerprint density at radius 1 is 1.12 bits per heavy atom. The summed E-state index contributed by atoms with van der Waals surface area (Å²) >= 11 is 0. The molecule has 1 aliphatic rings. The number of rotatable bonds is 4. The van der Waals surface area contributed by atoms with Gasteiger partial charge in [-0.1, -0.05) is 18.2 Å². The summed E-state index contributed by atoms with van der Waals surface area (Å²) in [6, 6.07) is 9.65. The summed E-state index contributed by atoms with van der Waals surface area (Å²) in [5.41, 5.74) is -2.39. The molecular formula is C17H13F2NO5S. The number of benzene rings is 2. The molecule has 1 unspecified atom stereocenters. The van der Waals surface area contributed by atoms with Gasteiger partial charge in [0.05, 0.1) is 4.90 Å². The van der Waals surface area contributed by atoms with Crippen LogP contribution in [0.25, 0.3) is 0 Å². The van der Waals surface area contributed by atoms with E-state index in [0.717, 1.165) is 19.1 Å². The summed E-state index contributed by atoms with van der Waals surface area (Å²) in [5.74, 6) is -4.72. The van der Waals surface area contributed by atoms with Gasteiger partial charge in [-0.2, -0.15) is 0 Å². The lowest BCUT2D eigenvalue weighted by Gasteiger charge is -2.24. The predicted octanol–water partition coefficient (Wildman–Crippen LogP) is 2.48. The maximum atomic E-state index is 14.1. The fourth-order valence-corrected chi connectivity index (χ4v) is 3.55. The smallest absolute Gasteiger partial charge is 0.264 e. The quantitative estimate of drug-likeness (QED) is 0.849. The third-order valence-electron chi connectivity index (χ3n) is 3.90. The molecule has 0 radical (unpaired) electrons. The van der Waals surface area contributed by atoms with Crippen molar-refractivity contribution in [3.8, 4) is 0 Å². The maximum absolute atomic E-state index is 14.1. The van der Waals surface area contributed by atoms with Gasteiger partial charge in [0.25, 0.3) is 15.8 Å². The van der Waals surface area contributed by atoms with Gasteiger partial charge in [0.2, 0.25) is 17.2 Å². The number of aliphatic hydroxyl groups excluding tert-OH is 1. The van der Waals surface area contributed by atoms with Gasteiger partial charge in [0.1, 0.15) is 11.6 Å². The number of carbonyl (C=O) groups is 1. The molecule has 9 heteroatoms. The third kappa shape index (κ3) is 2.90. The maximum Gasteiger partial charge on any atom is 0.264 e. The molecule has 6 nitrogen and oxygen atoms in total. The first-order valence-corrected chi connectivity index (χ1v) is 8.84. The first-order valence-electron chi connectivity index (χ1n) is 7.35. The van der Waals surface area contributed by atoms with Crippen molar-refractivity contribution in [2.45, 2.75) is 17.4 Å². The van der Waals surface area contributed by atoms with Crippen molar-refractivity contribution in [1.82, 2.24) is 4.72 Å². The Balaban J connectivity index is 1.95. The Hall–Kier alpha value is -2.94. The topological polar surface area (TPSA) is 92.7 Å². The Morgan fingerprint density at radius 3 is 2.38 bits per heavy atom. The standard InChI is InChI=1S/C17H13F2NO5S/c1-17(12-8-7-10(18)9-13(12)19)15(22)14(21)16(25-17)20-26(23,24)11-5-3-2-4-6-11/h2-9,20-21H,1H3. The third-order valence-corrected chi connectivity index (χ3v) is 5.24. The number of hydrogen-bond donors (Lipinski definition) is 2. The second-order valence-electron chi connectivity index (χ2n) is 5.68. The molecule has 0 fully saturated rings. The number of ketones is 1. The zero-order valence-corrected chi connectivity index (χ0v) is 14.2. The number of sulfonamides is 1.